The molecule has 4 rings (SSSR count). The number of fused-ring (bicyclic) bond motifs is 1. The van der Waals surface area contributed by atoms with Gasteiger partial charge in [0.2, 0.25) is 23.8 Å². The molecule has 0 fully saturated rings. The predicted octanol–water partition coefficient (Wildman–Crippen LogP) is 0.550. The Balaban J connectivity index is 1.70. The predicted molar refractivity (Wildman–Crippen MR) is 128 cm³/mol. The minimum absolute atomic E-state index is 0.149. The normalized spacial score (nSPS) is 14.6. The largest absolute Gasteiger partial charge is 0.488 e. The van der Waals surface area contributed by atoms with E-state index in [0.717, 1.165) is 11.6 Å². The maximum absolute atomic E-state index is 14.3. The van der Waals surface area contributed by atoms with Crippen molar-refractivity contribution in [3.8, 4) is 0 Å². The Morgan fingerprint density at radius 2 is 2.03 bits per heavy atom. The molecule has 2 heterocycles. The van der Waals surface area contributed by atoms with Crippen LogP contribution in [0.1, 0.15) is 28.4 Å². The summed E-state index contributed by atoms with van der Waals surface area (Å²) in [5.41, 5.74) is 7.95. The van der Waals surface area contributed by atoms with Crippen molar-refractivity contribution in [1.29, 1.82) is 0 Å². The van der Waals surface area contributed by atoms with Crippen LogP contribution in [0.4, 0.5) is 27.9 Å². The number of anilines is 4. The van der Waals surface area contributed by atoms with E-state index in [2.05, 4.69) is 20.3 Å². The fraction of sp³-hybridized carbons (Fsp3) is 0.273. The molecule has 1 atom stereocenters. The summed E-state index contributed by atoms with van der Waals surface area (Å²) in [5, 5.41) is 21.9. The van der Waals surface area contributed by atoms with Crippen molar-refractivity contribution in [2.45, 2.75) is 25.9 Å². The van der Waals surface area contributed by atoms with Gasteiger partial charge in [0.25, 0.3) is 0 Å². The van der Waals surface area contributed by atoms with Gasteiger partial charge >= 0.3 is 7.12 Å². The third-order valence-corrected chi connectivity index (χ3v) is 5.58. The van der Waals surface area contributed by atoms with E-state index in [1.165, 1.54) is 6.07 Å². The van der Waals surface area contributed by atoms with E-state index in [1.807, 2.05) is 13.0 Å². The van der Waals surface area contributed by atoms with E-state index >= 15 is 0 Å². The molecular formula is C22H25BFN7O3. The number of primary amides is 1. The number of hydrogen-bond acceptors (Lipinski definition) is 9. The van der Waals surface area contributed by atoms with Crippen LogP contribution >= 0.6 is 0 Å². The fourth-order valence-electron chi connectivity index (χ4n) is 3.99. The summed E-state index contributed by atoms with van der Waals surface area (Å²) in [6.45, 7) is 2.25. The lowest BCUT2D eigenvalue weighted by molar-refractivity contribution is 0.0999. The second-order valence-corrected chi connectivity index (χ2v) is 8.36. The van der Waals surface area contributed by atoms with E-state index in [-0.39, 0.29) is 17.6 Å². The van der Waals surface area contributed by atoms with Crippen molar-refractivity contribution in [3.63, 3.8) is 0 Å². The average molecular weight is 465 g/mol. The molecule has 1 aliphatic rings. The number of nitrogens with one attached hydrogen (secondary N) is 1. The number of aromatic nitrogens is 3. The molecule has 0 radical (unpaired) electrons. The molecule has 12 heteroatoms. The molecule has 0 saturated carbocycles. The van der Waals surface area contributed by atoms with Crippen LogP contribution in [0.25, 0.3) is 0 Å². The highest BCUT2D eigenvalue weighted by Gasteiger charge is 2.33. The number of carbonyl (C=O) groups excluding carboxylic acids is 1. The lowest BCUT2D eigenvalue weighted by Crippen LogP contribution is -2.30. The summed E-state index contributed by atoms with van der Waals surface area (Å²) >= 11 is 0. The van der Waals surface area contributed by atoms with Gasteiger partial charge in [0.1, 0.15) is 5.82 Å². The first-order valence-electron chi connectivity index (χ1n) is 10.7. The van der Waals surface area contributed by atoms with Crippen LogP contribution in [-0.2, 0) is 13.0 Å². The topological polar surface area (TPSA) is 141 Å². The van der Waals surface area contributed by atoms with Gasteiger partial charge in [0, 0.05) is 32.2 Å². The van der Waals surface area contributed by atoms with E-state index in [9.17, 15) is 19.2 Å². The van der Waals surface area contributed by atoms with Crippen molar-refractivity contribution in [2.24, 2.45) is 5.73 Å². The lowest BCUT2D eigenvalue weighted by Gasteiger charge is -2.24. The molecule has 0 saturated heterocycles. The first-order chi connectivity index (χ1) is 16.1. The maximum atomic E-state index is 14.3. The van der Waals surface area contributed by atoms with Crippen LogP contribution in [0.15, 0.2) is 36.4 Å². The first-order valence-corrected chi connectivity index (χ1v) is 10.7. The average Bonchev–Trinajstić information content (AvgIpc) is 3.12. The van der Waals surface area contributed by atoms with Crippen LogP contribution < -0.4 is 26.3 Å². The molecule has 0 spiro atoms. The maximum Gasteiger partial charge on any atom is 0.488 e. The molecule has 0 aliphatic carbocycles. The number of benzene rings is 2. The van der Waals surface area contributed by atoms with Crippen LogP contribution in [0.3, 0.4) is 0 Å². The monoisotopic (exact) mass is 465 g/mol. The highest BCUT2D eigenvalue weighted by molar-refractivity contribution is 6.58. The van der Waals surface area contributed by atoms with Gasteiger partial charge in [0.15, 0.2) is 0 Å². The second kappa shape index (κ2) is 9.24. The molecule has 10 nitrogen and oxygen atoms in total. The fourth-order valence-corrected chi connectivity index (χ4v) is 3.99. The van der Waals surface area contributed by atoms with Crippen LogP contribution in [-0.4, -0.2) is 58.2 Å². The Kier molecular flexibility index (Phi) is 6.35. The summed E-state index contributed by atoms with van der Waals surface area (Å²) in [5.74, 6) is -0.284. The van der Waals surface area contributed by atoms with Gasteiger partial charge in [-0.2, -0.15) is 15.0 Å². The molecule has 1 aromatic heterocycles. The number of nitrogens with zero attached hydrogens (tertiary/aromatic N) is 5. The number of rotatable bonds is 7. The summed E-state index contributed by atoms with van der Waals surface area (Å²) in [6, 6.07) is 9.20. The minimum atomic E-state index is -1.56. The number of carbonyl (C=O) groups is 1. The zero-order valence-electron chi connectivity index (χ0n) is 19.0. The lowest BCUT2D eigenvalue weighted by atomic mass is 9.80. The van der Waals surface area contributed by atoms with Crippen molar-refractivity contribution in [1.82, 2.24) is 15.0 Å². The van der Waals surface area contributed by atoms with E-state index in [1.54, 1.807) is 42.1 Å². The summed E-state index contributed by atoms with van der Waals surface area (Å²) in [4.78, 5) is 28.9. The van der Waals surface area contributed by atoms with Crippen LogP contribution in [0.5, 0.6) is 0 Å². The third-order valence-electron chi connectivity index (χ3n) is 5.58. The second-order valence-electron chi connectivity index (χ2n) is 8.36. The highest BCUT2D eigenvalue weighted by atomic mass is 19.1. The van der Waals surface area contributed by atoms with Crippen molar-refractivity contribution >= 4 is 42.0 Å². The van der Waals surface area contributed by atoms with Gasteiger partial charge < -0.3 is 30.9 Å². The minimum Gasteiger partial charge on any atom is -0.423 e. The summed E-state index contributed by atoms with van der Waals surface area (Å²) < 4.78 is 14.3. The highest BCUT2D eigenvalue weighted by Crippen LogP contribution is 2.39. The third kappa shape index (κ3) is 4.63. The number of amides is 1. The summed E-state index contributed by atoms with van der Waals surface area (Å²) in [7, 11) is 2.02. The standard InChI is InChI=1S/C22H25BFN7O3/c1-12-7-16-17(19(25)32)9-15(24)10-18(16)31(12)22-28-20(27-21(29-22)30(2)3)26-11-13-5-4-6-14(8-13)23(33)34/h4-6,8-10,12,33-34H,7,11H2,1-3H3,(H2,25,32)(H,26,27,28,29). The number of nitrogens with two attached hydrogens (primary N) is 1. The molecule has 1 amide bonds. The Bertz CT molecular complexity index is 1240. The van der Waals surface area contributed by atoms with E-state index < -0.39 is 18.8 Å². The quantitative estimate of drug-likeness (QED) is 0.368. The Hall–Kier alpha value is -3.77. The van der Waals surface area contributed by atoms with Gasteiger partial charge in [-0.25, -0.2) is 4.39 Å². The number of hydrogen-bond donors (Lipinski definition) is 4. The van der Waals surface area contributed by atoms with Gasteiger partial charge in [-0.1, -0.05) is 24.3 Å². The van der Waals surface area contributed by atoms with Crippen LogP contribution in [0, 0.1) is 5.82 Å². The Morgan fingerprint density at radius 3 is 2.71 bits per heavy atom. The van der Waals surface area contributed by atoms with Gasteiger partial charge in [-0.3, -0.25) is 4.79 Å². The van der Waals surface area contributed by atoms with Gasteiger partial charge in [-0.15, -0.1) is 0 Å². The first kappa shape index (κ1) is 23.4. The zero-order valence-corrected chi connectivity index (χ0v) is 19.0. The molecule has 176 valence electrons. The van der Waals surface area contributed by atoms with E-state index in [4.69, 9.17) is 5.73 Å². The van der Waals surface area contributed by atoms with Crippen molar-refractivity contribution < 1.29 is 19.2 Å². The molecule has 0 bridgehead atoms. The molecule has 1 unspecified atom stereocenters. The molecule has 2 aromatic carbocycles. The SMILES string of the molecule is CC1Cc2c(C(N)=O)cc(F)cc2N1c1nc(NCc2cccc(B(O)O)c2)nc(N(C)C)n1. The van der Waals surface area contributed by atoms with Gasteiger partial charge in [0.05, 0.1) is 5.69 Å². The van der Waals surface area contributed by atoms with Crippen molar-refractivity contribution in [3.05, 3.63) is 58.9 Å². The Labute approximate surface area is 196 Å². The van der Waals surface area contributed by atoms with Gasteiger partial charge in [-0.05, 0) is 42.1 Å². The number of halogens is 1. The zero-order chi connectivity index (χ0) is 24.6. The van der Waals surface area contributed by atoms with E-state index in [0.29, 0.717) is 41.6 Å². The Morgan fingerprint density at radius 1 is 1.26 bits per heavy atom. The van der Waals surface area contributed by atoms with Crippen molar-refractivity contribution in [2.75, 3.05) is 29.2 Å². The molecule has 1 aliphatic heterocycles. The van der Waals surface area contributed by atoms with Crippen LogP contribution in [0.2, 0.25) is 0 Å². The molecular weight excluding hydrogens is 440 g/mol. The molecule has 3 aromatic rings. The smallest absolute Gasteiger partial charge is 0.423 e. The molecule has 5 N–H and O–H groups in total. The molecule has 34 heavy (non-hydrogen) atoms. The summed E-state index contributed by atoms with van der Waals surface area (Å²) in [6.07, 6.45) is 0.482.